The number of hydrogen-bond donors (Lipinski definition) is 8. The van der Waals surface area contributed by atoms with Gasteiger partial charge in [-0.2, -0.15) is 0 Å². The molecule has 0 saturated carbocycles. The summed E-state index contributed by atoms with van der Waals surface area (Å²) in [6.07, 6.45) is 0.0141. The third-order valence-electron chi connectivity index (χ3n) is 4.68. The molecule has 0 spiro atoms. The smallest absolute Gasteiger partial charge is 0.326 e. The van der Waals surface area contributed by atoms with E-state index in [9.17, 15) is 29.1 Å². The number of carboxylic acid groups (broad SMARTS) is 1. The molecule has 14 heteroatoms. The van der Waals surface area contributed by atoms with Crippen LogP contribution < -0.4 is 38.9 Å². The van der Waals surface area contributed by atoms with Gasteiger partial charge in [0.15, 0.2) is 5.96 Å². The van der Waals surface area contributed by atoms with Crippen LogP contribution in [0.5, 0.6) is 0 Å². The number of aliphatic carboxylic acids is 1. The first-order valence-corrected chi connectivity index (χ1v) is 10.7. The van der Waals surface area contributed by atoms with Gasteiger partial charge in [0.05, 0.1) is 19.0 Å². The number of nitrogens with two attached hydrogens (primary N) is 4. The van der Waals surface area contributed by atoms with E-state index < -0.39 is 60.7 Å². The normalized spacial score (nSPS) is 12.9. The van der Waals surface area contributed by atoms with Crippen molar-refractivity contribution in [2.45, 2.75) is 43.8 Å². The number of aliphatic imine (C=N–C) groups is 1. The molecular formula is C21H32N8O6. The Morgan fingerprint density at radius 2 is 1.60 bits per heavy atom. The fourth-order valence-electron chi connectivity index (χ4n) is 2.95. The van der Waals surface area contributed by atoms with E-state index in [1.807, 2.05) is 0 Å². The summed E-state index contributed by atoms with van der Waals surface area (Å²) in [4.78, 5) is 63.4. The Morgan fingerprint density at radius 1 is 0.943 bits per heavy atom. The monoisotopic (exact) mass is 492 g/mol. The minimum Gasteiger partial charge on any atom is -0.480 e. The zero-order valence-corrected chi connectivity index (χ0v) is 19.1. The highest BCUT2D eigenvalue weighted by Gasteiger charge is 2.27. The van der Waals surface area contributed by atoms with Crippen LogP contribution >= 0.6 is 0 Å². The Balaban J connectivity index is 2.83. The van der Waals surface area contributed by atoms with Crippen molar-refractivity contribution < 1.29 is 29.1 Å². The van der Waals surface area contributed by atoms with Crippen LogP contribution in [-0.2, 0) is 30.4 Å². The number of carbonyl (C=O) groups is 5. The van der Waals surface area contributed by atoms with Crippen molar-refractivity contribution in [2.24, 2.45) is 27.9 Å². The Labute approximate surface area is 201 Å². The summed E-state index contributed by atoms with van der Waals surface area (Å²) in [6.45, 7) is -0.339. The lowest BCUT2D eigenvalue weighted by atomic mass is 10.0. The van der Waals surface area contributed by atoms with Gasteiger partial charge in [-0.1, -0.05) is 30.3 Å². The van der Waals surface area contributed by atoms with Crippen molar-refractivity contribution in [1.29, 1.82) is 0 Å². The van der Waals surface area contributed by atoms with Gasteiger partial charge in [0.1, 0.15) is 12.1 Å². The molecule has 1 aromatic rings. The highest BCUT2D eigenvalue weighted by atomic mass is 16.4. The molecule has 0 aromatic heterocycles. The second-order valence-corrected chi connectivity index (χ2v) is 7.65. The summed E-state index contributed by atoms with van der Waals surface area (Å²) in [5, 5.41) is 16.6. The molecule has 0 radical (unpaired) electrons. The lowest BCUT2D eigenvalue weighted by Crippen LogP contribution is -2.54. The molecule has 14 nitrogen and oxygen atoms in total. The Kier molecular flexibility index (Phi) is 12.2. The maximum atomic E-state index is 12.9. The van der Waals surface area contributed by atoms with Gasteiger partial charge in [-0.3, -0.25) is 24.2 Å². The first-order chi connectivity index (χ1) is 16.5. The van der Waals surface area contributed by atoms with Gasteiger partial charge in [0.2, 0.25) is 23.6 Å². The van der Waals surface area contributed by atoms with Crippen molar-refractivity contribution in [3.8, 4) is 0 Å². The molecule has 0 bridgehead atoms. The van der Waals surface area contributed by atoms with Crippen molar-refractivity contribution in [2.75, 3.05) is 13.1 Å². The lowest BCUT2D eigenvalue weighted by molar-refractivity contribution is -0.142. The van der Waals surface area contributed by atoms with E-state index in [1.54, 1.807) is 30.3 Å². The number of benzene rings is 1. The number of primary amides is 1. The topological polar surface area (TPSA) is 258 Å². The number of amides is 4. The standard InChI is InChI=1S/C21H32N8O6/c22-13(10-16(23)30)18(32)27-11-17(31)28-15(9-12-5-2-1-3-6-12)19(33)29-14(20(34)35)7-4-8-26-21(24)25/h1-3,5-6,13-15H,4,7-11,22H2,(H2,23,30)(H,27,32)(H,28,31)(H,29,33)(H,34,35)(H4,24,25,26). The molecule has 0 heterocycles. The second-order valence-electron chi connectivity index (χ2n) is 7.65. The number of carboxylic acids is 1. The highest BCUT2D eigenvalue weighted by Crippen LogP contribution is 2.06. The van der Waals surface area contributed by atoms with Gasteiger partial charge in [0.25, 0.3) is 0 Å². The zero-order valence-electron chi connectivity index (χ0n) is 19.1. The van der Waals surface area contributed by atoms with Gasteiger partial charge in [-0.25, -0.2) is 4.79 Å². The molecule has 3 atom stereocenters. The van der Waals surface area contributed by atoms with Crippen molar-refractivity contribution in [3.05, 3.63) is 35.9 Å². The number of carbonyl (C=O) groups excluding carboxylic acids is 4. The van der Waals surface area contributed by atoms with E-state index in [-0.39, 0.29) is 25.3 Å². The van der Waals surface area contributed by atoms with E-state index in [4.69, 9.17) is 22.9 Å². The van der Waals surface area contributed by atoms with Crippen LogP contribution in [0, 0.1) is 0 Å². The predicted octanol–water partition coefficient (Wildman–Crippen LogP) is -3.34. The van der Waals surface area contributed by atoms with Gasteiger partial charge in [0, 0.05) is 13.0 Å². The third-order valence-corrected chi connectivity index (χ3v) is 4.68. The molecule has 0 fully saturated rings. The molecule has 4 amide bonds. The fraction of sp³-hybridized carbons (Fsp3) is 0.429. The van der Waals surface area contributed by atoms with Gasteiger partial charge >= 0.3 is 5.97 Å². The van der Waals surface area contributed by atoms with Crippen molar-refractivity contribution in [3.63, 3.8) is 0 Å². The lowest BCUT2D eigenvalue weighted by Gasteiger charge is -2.22. The van der Waals surface area contributed by atoms with E-state index in [1.165, 1.54) is 0 Å². The van der Waals surface area contributed by atoms with E-state index in [0.29, 0.717) is 12.0 Å². The average Bonchev–Trinajstić information content (AvgIpc) is 2.78. The van der Waals surface area contributed by atoms with Crippen molar-refractivity contribution >= 4 is 35.6 Å². The van der Waals surface area contributed by atoms with Crippen LogP contribution in [0.4, 0.5) is 0 Å². The molecule has 0 aliphatic heterocycles. The van der Waals surface area contributed by atoms with Crippen LogP contribution in [0.3, 0.4) is 0 Å². The van der Waals surface area contributed by atoms with Crippen LogP contribution in [-0.4, -0.2) is 71.9 Å². The van der Waals surface area contributed by atoms with Gasteiger partial charge in [-0.05, 0) is 18.4 Å². The zero-order chi connectivity index (χ0) is 26.4. The first-order valence-electron chi connectivity index (χ1n) is 10.7. The number of hydrogen-bond acceptors (Lipinski definition) is 7. The molecule has 0 aliphatic rings. The van der Waals surface area contributed by atoms with E-state index in [0.717, 1.165) is 0 Å². The average molecular weight is 493 g/mol. The minimum absolute atomic E-state index is 0.0532. The number of guanidine groups is 1. The fourth-order valence-corrected chi connectivity index (χ4v) is 2.95. The summed E-state index contributed by atoms with van der Waals surface area (Å²) < 4.78 is 0. The summed E-state index contributed by atoms with van der Waals surface area (Å²) in [5.74, 6) is -4.39. The quantitative estimate of drug-likeness (QED) is 0.0690. The molecular weight excluding hydrogens is 460 g/mol. The molecule has 1 rings (SSSR count). The second kappa shape index (κ2) is 14.8. The predicted molar refractivity (Wildman–Crippen MR) is 126 cm³/mol. The maximum absolute atomic E-state index is 12.9. The van der Waals surface area contributed by atoms with Crippen LogP contribution in [0.25, 0.3) is 0 Å². The Hall–Kier alpha value is -4.20. The molecule has 192 valence electrons. The minimum atomic E-state index is -1.26. The van der Waals surface area contributed by atoms with E-state index in [2.05, 4.69) is 20.9 Å². The van der Waals surface area contributed by atoms with Gasteiger partial charge < -0.3 is 44.0 Å². The number of nitrogens with one attached hydrogen (secondary N) is 3. The van der Waals surface area contributed by atoms with Crippen molar-refractivity contribution in [1.82, 2.24) is 16.0 Å². The molecule has 12 N–H and O–H groups in total. The van der Waals surface area contributed by atoms with Gasteiger partial charge in [-0.15, -0.1) is 0 Å². The maximum Gasteiger partial charge on any atom is 0.326 e. The molecule has 3 unspecified atom stereocenters. The third kappa shape index (κ3) is 12.0. The highest BCUT2D eigenvalue weighted by molar-refractivity contribution is 5.93. The molecule has 0 saturated heterocycles. The SMILES string of the molecule is NC(=O)CC(N)C(=O)NCC(=O)NC(Cc1ccccc1)C(=O)NC(CCCN=C(N)N)C(=O)O. The Morgan fingerprint density at radius 3 is 2.17 bits per heavy atom. The first kappa shape index (κ1) is 28.8. The Bertz CT molecular complexity index is 920. The summed E-state index contributed by atoms with van der Waals surface area (Å²) in [7, 11) is 0. The largest absolute Gasteiger partial charge is 0.480 e. The summed E-state index contributed by atoms with van der Waals surface area (Å²) in [5.41, 5.74) is 21.7. The number of nitrogens with zero attached hydrogens (tertiary/aromatic N) is 1. The van der Waals surface area contributed by atoms with Crippen LogP contribution in [0.1, 0.15) is 24.8 Å². The summed E-state index contributed by atoms with van der Waals surface area (Å²) in [6, 6.07) is 5.14. The molecule has 35 heavy (non-hydrogen) atoms. The van der Waals surface area contributed by atoms with E-state index >= 15 is 0 Å². The molecule has 0 aliphatic carbocycles. The number of rotatable bonds is 15. The van der Waals surface area contributed by atoms with Crippen LogP contribution in [0.2, 0.25) is 0 Å². The summed E-state index contributed by atoms with van der Waals surface area (Å²) >= 11 is 0. The van der Waals surface area contributed by atoms with Crippen LogP contribution in [0.15, 0.2) is 35.3 Å². The molecule has 1 aromatic carbocycles.